The maximum Gasteiger partial charge on any atom is 0.199 e. The molecule has 3 aromatic carbocycles. The molecule has 1 aliphatic heterocycles. The molecule has 38 heavy (non-hydrogen) atoms. The smallest absolute Gasteiger partial charge is 0.199 e. The van der Waals surface area contributed by atoms with Crippen LogP contribution in [0.15, 0.2) is 82.3 Å². The maximum atomic E-state index is 14.3. The zero-order chi connectivity index (χ0) is 26.9. The number of sulfone groups is 1. The topological polar surface area (TPSA) is 82.7 Å². The summed E-state index contributed by atoms with van der Waals surface area (Å²) < 4.78 is 35.1. The molecule has 0 spiro atoms. The largest absolute Gasteiger partial charge is 0.491 e. The third-order valence-corrected chi connectivity index (χ3v) is 9.87. The SMILES string of the molecule is CC(C)Oc1ccc2[nH]cc(C(N3CCN(c4ccccc4C=O)CC3)S(=O)(=O)c3ccccc3Br)c2c1. The van der Waals surface area contributed by atoms with Crippen LogP contribution in [-0.2, 0) is 9.84 Å². The first-order valence-electron chi connectivity index (χ1n) is 12.6. The van der Waals surface area contributed by atoms with Crippen molar-refractivity contribution in [3.63, 3.8) is 0 Å². The van der Waals surface area contributed by atoms with Gasteiger partial charge in [-0.2, -0.15) is 0 Å². The Bertz CT molecular complexity index is 1560. The number of aromatic nitrogens is 1. The molecule has 2 heterocycles. The summed E-state index contributed by atoms with van der Waals surface area (Å²) in [4.78, 5) is 19.3. The van der Waals surface area contributed by atoms with Crippen LogP contribution in [0.1, 0.15) is 35.1 Å². The molecule has 0 saturated carbocycles. The van der Waals surface area contributed by atoms with Gasteiger partial charge in [0.25, 0.3) is 0 Å². The number of carbonyl (C=O) groups is 1. The second-order valence-electron chi connectivity index (χ2n) is 9.65. The number of piperazine rings is 1. The number of halogens is 1. The lowest BCUT2D eigenvalue weighted by atomic mass is 10.1. The molecule has 0 amide bonds. The van der Waals surface area contributed by atoms with Crippen molar-refractivity contribution >= 4 is 48.6 Å². The predicted octanol–water partition coefficient (Wildman–Crippen LogP) is 5.82. The van der Waals surface area contributed by atoms with Gasteiger partial charge in [-0.25, -0.2) is 8.42 Å². The van der Waals surface area contributed by atoms with Crippen LogP contribution >= 0.6 is 15.9 Å². The summed E-state index contributed by atoms with van der Waals surface area (Å²) in [6.45, 7) is 6.13. The third kappa shape index (κ3) is 5.10. The van der Waals surface area contributed by atoms with E-state index in [2.05, 4.69) is 25.8 Å². The minimum Gasteiger partial charge on any atom is -0.491 e. The number of hydrogen-bond acceptors (Lipinski definition) is 6. The van der Waals surface area contributed by atoms with E-state index in [-0.39, 0.29) is 11.0 Å². The van der Waals surface area contributed by atoms with Crippen LogP contribution in [0.2, 0.25) is 0 Å². The van der Waals surface area contributed by atoms with Crippen molar-refractivity contribution in [3.05, 3.63) is 88.5 Å². The van der Waals surface area contributed by atoms with Crippen LogP contribution in [0.3, 0.4) is 0 Å². The highest BCUT2D eigenvalue weighted by atomic mass is 79.9. The van der Waals surface area contributed by atoms with Crippen molar-refractivity contribution in [1.29, 1.82) is 0 Å². The fourth-order valence-corrected chi connectivity index (χ4v) is 8.04. The number of H-pyrrole nitrogens is 1. The number of benzene rings is 3. The number of aldehydes is 1. The maximum absolute atomic E-state index is 14.3. The lowest BCUT2D eigenvalue weighted by molar-refractivity contribution is 0.112. The second kappa shape index (κ2) is 10.9. The van der Waals surface area contributed by atoms with Gasteiger partial charge >= 0.3 is 0 Å². The van der Waals surface area contributed by atoms with E-state index in [1.165, 1.54) is 0 Å². The predicted molar refractivity (Wildman–Crippen MR) is 154 cm³/mol. The van der Waals surface area contributed by atoms with Gasteiger partial charge in [-0.15, -0.1) is 0 Å². The molecule has 198 valence electrons. The van der Waals surface area contributed by atoms with Gasteiger partial charge in [-0.1, -0.05) is 24.3 Å². The van der Waals surface area contributed by atoms with E-state index in [0.29, 0.717) is 47.5 Å². The summed E-state index contributed by atoms with van der Waals surface area (Å²) in [5.74, 6) is 0.695. The zero-order valence-electron chi connectivity index (χ0n) is 21.3. The van der Waals surface area contributed by atoms with Crippen LogP contribution in [0, 0.1) is 0 Å². The molecule has 0 radical (unpaired) electrons. The molecular weight excluding hydrogens is 566 g/mol. The van der Waals surface area contributed by atoms with Crippen molar-refractivity contribution in [1.82, 2.24) is 9.88 Å². The number of ether oxygens (including phenoxy) is 1. The van der Waals surface area contributed by atoms with E-state index in [1.54, 1.807) is 30.5 Å². The Morgan fingerprint density at radius 3 is 2.39 bits per heavy atom. The fourth-order valence-electron chi connectivity index (χ4n) is 5.10. The highest BCUT2D eigenvalue weighted by Gasteiger charge is 2.38. The van der Waals surface area contributed by atoms with Crippen molar-refractivity contribution in [2.45, 2.75) is 30.2 Å². The van der Waals surface area contributed by atoms with Crippen molar-refractivity contribution < 1.29 is 17.9 Å². The number of aromatic amines is 1. The quantitative estimate of drug-likeness (QED) is 0.258. The minimum atomic E-state index is -3.83. The first kappa shape index (κ1) is 26.5. The number of fused-ring (bicyclic) bond motifs is 1. The molecule has 1 saturated heterocycles. The van der Waals surface area contributed by atoms with E-state index >= 15 is 0 Å². The van der Waals surface area contributed by atoms with E-state index in [1.807, 2.05) is 61.2 Å². The summed E-state index contributed by atoms with van der Waals surface area (Å²) in [7, 11) is -3.83. The Balaban J connectivity index is 1.56. The molecule has 1 unspecified atom stereocenters. The second-order valence-corrected chi connectivity index (χ2v) is 12.5. The van der Waals surface area contributed by atoms with E-state index in [9.17, 15) is 13.2 Å². The third-order valence-electron chi connectivity index (χ3n) is 6.81. The molecule has 5 rings (SSSR count). The van der Waals surface area contributed by atoms with Gasteiger partial charge in [0.05, 0.1) is 11.0 Å². The van der Waals surface area contributed by atoms with Crippen LogP contribution in [0.25, 0.3) is 10.9 Å². The lowest BCUT2D eigenvalue weighted by Gasteiger charge is -2.40. The number of carbonyl (C=O) groups excluding carboxylic acids is 1. The summed E-state index contributed by atoms with van der Waals surface area (Å²) in [5, 5.41) is -0.0924. The van der Waals surface area contributed by atoms with Crippen LogP contribution in [0.5, 0.6) is 5.75 Å². The monoisotopic (exact) mass is 595 g/mol. The molecule has 1 aromatic heterocycles. The normalized spacial score (nSPS) is 15.6. The van der Waals surface area contributed by atoms with Crippen LogP contribution in [-0.4, -0.2) is 56.9 Å². The molecule has 1 N–H and O–H groups in total. The summed E-state index contributed by atoms with van der Waals surface area (Å²) in [5.41, 5.74) is 3.04. The molecule has 1 fully saturated rings. The number of anilines is 1. The fraction of sp³-hybridized carbons (Fsp3) is 0.276. The minimum absolute atomic E-state index is 0.00281. The average molecular weight is 597 g/mol. The van der Waals surface area contributed by atoms with E-state index < -0.39 is 15.2 Å². The molecule has 4 aromatic rings. The molecule has 0 bridgehead atoms. The summed E-state index contributed by atoms with van der Waals surface area (Å²) in [6, 6.07) is 20.2. The molecule has 1 atom stereocenters. The van der Waals surface area contributed by atoms with Gasteiger partial charge in [0.1, 0.15) is 11.1 Å². The van der Waals surface area contributed by atoms with Gasteiger partial charge in [-0.05, 0) is 72.2 Å². The molecular formula is C29H30BrN3O4S. The van der Waals surface area contributed by atoms with Crippen molar-refractivity contribution in [2.24, 2.45) is 0 Å². The van der Waals surface area contributed by atoms with Gasteiger partial charge in [-0.3, -0.25) is 9.69 Å². The van der Waals surface area contributed by atoms with Crippen LogP contribution < -0.4 is 9.64 Å². The Kier molecular flexibility index (Phi) is 7.61. The first-order chi connectivity index (χ1) is 18.3. The highest BCUT2D eigenvalue weighted by molar-refractivity contribution is 9.10. The van der Waals surface area contributed by atoms with Gasteiger partial charge in [0.2, 0.25) is 0 Å². The van der Waals surface area contributed by atoms with Gasteiger partial charge < -0.3 is 14.6 Å². The summed E-state index contributed by atoms with van der Waals surface area (Å²) in [6.07, 6.45) is 2.67. The van der Waals surface area contributed by atoms with Gasteiger partial charge in [0, 0.05) is 64.6 Å². The average Bonchev–Trinajstić information content (AvgIpc) is 3.31. The van der Waals surface area contributed by atoms with E-state index in [0.717, 1.165) is 22.9 Å². The number of nitrogens with zero attached hydrogens (tertiary/aromatic N) is 2. The van der Waals surface area contributed by atoms with Gasteiger partial charge in [0.15, 0.2) is 16.1 Å². The molecule has 0 aliphatic carbocycles. The van der Waals surface area contributed by atoms with Crippen LogP contribution in [0.4, 0.5) is 5.69 Å². The molecule has 9 heteroatoms. The van der Waals surface area contributed by atoms with E-state index in [4.69, 9.17) is 4.74 Å². The first-order valence-corrected chi connectivity index (χ1v) is 14.9. The molecule has 1 aliphatic rings. The Morgan fingerprint density at radius 2 is 1.68 bits per heavy atom. The standard InChI is InChI=1S/C29H30BrN3O4S/c1-20(2)37-22-11-12-26-23(17-22)24(18-31-26)29(38(35,36)28-10-6-4-8-25(28)30)33-15-13-32(14-16-33)27-9-5-3-7-21(27)19-34/h3-12,17-20,29,31H,13-16H2,1-2H3. The Labute approximate surface area is 231 Å². The van der Waals surface area contributed by atoms with Crippen molar-refractivity contribution in [3.8, 4) is 5.75 Å². The number of nitrogens with one attached hydrogen (secondary N) is 1. The Morgan fingerprint density at radius 1 is 0.974 bits per heavy atom. The zero-order valence-corrected chi connectivity index (χ0v) is 23.7. The number of para-hydroxylation sites is 1. The molecule has 7 nitrogen and oxygen atoms in total. The number of hydrogen-bond donors (Lipinski definition) is 1. The number of rotatable bonds is 8. The highest BCUT2D eigenvalue weighted by Crippen LogP contribution is 2.40. The lowest BCUT2D eigenvalue weighted by Crippen LogP contribution is -2.49. The Hall–Kier alpha value is -3.14. The summed E-state index contributed by atoms with van der Waals surface area (Å²) >= 11 is 3.47. The van der Waals surface area contributed by atoms with Crippen molar-refractivity contribution in [2.75, 3.05) is 31.1 Å².